The summed E-state index contributed by atoms with van der Waals surface area (Å²) in [5, 5.41) is 2.73. The van der Waals surface area contributed by atoms with Crippen LogP contribution in [-0.4, -0.2) is 33.0 Å². The predicted octanol–water partition coefficient (Wildman–Crippen LogP) is 3.97. The van der Waals surface area contributed by atoms with Crippen molar-refractivity contribution in [2.45, 2.75) is 16.7 Å². The van der Waals surface area contributed by atoms with Crippen LogP contribution in [0.15, 0.2) is 82.6 Å². The van der Waals surface area contributed by atoms with Gasteiger partial charge in [0.2, 0.25) is 5.91 Å². The number of benzene rings is 3. The van der Waals surface area contributed by atoms with Gasteiger partial charge in [0, 0.05) is 28.3 Å². The van der Waals surface area contributed by atoms with E-state index in [0.717, 1.165) is 4.90 Å². The molecule has 0 aliphatic carbocycles. The molecule has 32 heavy (non-hydrogen) atoms. The van der Waals surface area contributed by atoms with E-state index >= 15 is 0 Å². The van der Waals surface area contributed by atoms with Crippen LogP contribution in [-0.2, 0) is 10.0 Å². The number of nitrogens with one attached hydrogen (secondary N) is 1. The fraction of sp³-hybridized carbons (Fsp3) is 0.130. The summed E-state index contributed by atoms with van der Waals surface area (Å²) in [7, 11) is -3.74. The normalized spacial score (nSPS) is 11.1. The van der Waals surface area contributed by atoms with Crippen molar-refractivity contribution in [2.24, 2.45) is 5.73 Å². The van der Waals surface area contributed by atoms with Crippen molar-refractivity contribution < 1.29 is 18.0 Å². The monoisotopic (exact) mass is 469 g/mol. The number of nitrogens with zero attached hydrogens (tertiary/aromatic N) is 1. The van der Waals surface area contributed by atoms with Crippen LogP contribution in [0.2, 0.25) is 0 Å². The number of amides is 2. The number of nitrogens with two attached hydrogens (primary N) is 1. The molecule has 0 saturated carbocycles. The second-order valence-corrected chi connectivity index (χ2v) is 9.53. The Morgan fingerprint density at radius 3 is 1.97 bits per heavy atom. The number of sulfonamides is 1. The minimum atomic E-state index is -3.74. The van der Waals surface area contributed by atoms with E-state index in [1.54, 1.807) is 67.6 Å². The van der Waals surface area contributed by atoms with Crippen LogP contribution in [0.3, 0.4) is 0 Å². The van der Waals surface area contributed by atoms with Crippen molar-refractivity contribution in [3.8, 4) is 0 Å². The Bertz CT molecular complexity index is 1210. The lowest BCUT2D eigenvalue weighted by Gasteiger charge is -2.23. The smallest absolute Gasteiger partial charge is 0.264 e. The van der Waals surface area contributed by atoms with E-state index in [4.69, 9.17) is 5.73 Å². The summed E-state index contributed by atoms with van der Waals surface area (Å²) in [6.45, 7) is 1.99. The Morgan fingerprint density at radius 1 is 0.906 bits per heavy atom. The quantitative estimate of drug-likeness (QED) is 0.485. The summed E-state index contributed by atoms with van der Waals surface area (Å²) < 4.78 is 27.5. The van der Waals surface area contributed by atoms with Crippen molar-refractivity contribution in [1.29, 1.82) is 0 Å². The molecule has 0 spiro atoms. The van der Waals surface area contributed by atoms with E-state index in [-0.39, 0.29) is 17.3 Å². The first kappa shape index (κ1) is 23.4. The van der Waals surface area contributed by atoms with Gasteiger partial charge < -0.3 is 11.1 Å². The first-order chi connectivity index (χ1) is 15.3. The summed E-state index contributed by atoms with van der Waals surface area (Å²) in [5.74, 6) is -0.906. The fourth-order valence-corrected chi connectivity index (χ4v) is 4.95. The van der Waals surface area contributed by atoms with Gasteiger partial charge in [0.15, 0.2) is 0 Å². The minimum Gasteiger partial charge on any atom is -0.366 e. The van der Waals surface area contributed by atoms with E-state index in [9.17, 15) is 18.0 Å². The molecule has 3 N–H and O–H groups in total. The van der Waals surface area contributed by atoms with Crippen LogP contribution in [0.1, 0.15) is 27.6 Å². The van der Waals surface area contributed by atoms with Gasteiger partial charge in [-0.15, -0.1) is 11.8 Å². The molecule has 166 valence electrons. The molecule has 0 bridgehead atoms. The standard InChI is InChI=1S/C23H23N3O4S2/c1-3-26(32(29,30)21-14-12-20(31-2)13-15-21)19-10-6-17(7-11-19)23(28)25-18-8-4-16(5-9-18)22(24)27/h4-15H,3H2,1-2H3,(H2,24,27)(H,25,28). The van der Waals surface area contributed by atoms with Crippen LogP contribution in [0.5, 0.6) is 0 Å². The maximum atomic E-state index is 13.1. The maximum Gasteiger partial charge on any atom is 0.264 e. The average Bonchev–Trinajstić information content (AvgIpc) is 2.80. The molecule has 0 aromatic heterocycles. The van der Waals surface area contributed by atoms with Gasteiger partial charge in [0.1, 0.15) is 0 Å². The van der Waals surface area contributed by atoms with Crippen LogP contribution in [0.4, 0.5) is 11.4 Å². The molecule has 0 radical (unpaired) electrons. The summed E-state index contributed by atoms with van der Waals surface area (Å²) in [4.78, 5) is 24.9. The van der Waals surface area contributed by atoms with Gasteiger partial charge >= 0.3 is 0 Å². The van der Waals surface area contributed by atoms with Crippen LogP contribution in [0.25, 0.3) is 0 Å². The summed E-state index contributed by atoms with van der Waals surface area (Å²) in [6, 6.07) is 19.3. The molecule has 0 unspecified atom stereocenters. The van der Waals surface area contributed by atoms with Gasteiger partial charge in [-0.05, 0) is 86.0 Å². The highest BCUT2D eigenvalue weighted by Gasteiger charge is 2.23. The molecule has 9 heteroatoms. The zero-order valence-electron chi connectivity index (χ0n) is 17.6. The SMILES string of the molecule is CCN(c1ccc(C(=O)Nc2ccc(C(N)=O)cc2)cc1)S(=O)(=O)c1ccc(SC)cc1. The highest BCUT2D eigenvalue weighted by Crippen LogP contribution is 2.26. The molecule has 0 atom stereocenters. The molecule has 3 rings (SSSR count). The summed E-state index contributed by atoms with van der Waals surface area (Å²) in [6.07, 6.45) is 1.93. The molecule has 0 heterocycles. The van der Waals surface area contributed by atoms with Crippen molar-refractivity contribution in [2.75, 3.05) is 22.4 Å². The number of hydrogen-bond acceptors (Lipinski definition) is 5. The largest absolute Gasteiger partial charge is 0.366 e. The molecule has 3 aromatic rings. The molecule has 0 saturated heterocycles. The number of carbonyl (C=O) groups excluding carboxylic acids is 2. The van der Waals surface area contributed by atoms with Crippen LogP contribution in [0, 0.1) is 0 Å². The molecule has 0 aliphatic heterocycles. The molecular weight excluding hydrogens is 446 g/mol. The van der Waals surface area contributed by atoms with E-state index < -0.39 is 15.9 Å². The third-order valence-corrected chi connectivity index (χ3v) is 7.44. The number of hydrogen-bond donors (Lipinski definition) is 2. The Kier molecular flexibility index (Phi) is 7.22. The second-order valence-electron chi connectivity index (χ2n) is 6.79. The lowest BCUT2D eigenvalue weighted by molar-refractivity contribution is 0.0998. The van der Waals surface area contributed by atoms with E-state index in [2.05, 4.69) is 5.32 Å². The summed E-state index contributed by atoms with van der Waals surface area (Å²) >= 11 is 1.54. The number of anilines is 2. The number of rotatable bonds is 8. The first-order valence-electron chi connectivity index (χ1n) is 9.74. The third-order valence-electron chi connectivity index (χ3n) is 4.78. The van der Waals surface area contributed by atoms with Gasteiger partial charge in [-0.25, -0.2) is 8.42 Å². The summed E-state index contributed by atoms with van der Waals surface area (Å²) in [5.41, 5.74) is 6.89. The fourth-order valence-electron chi connectivity index (χ4n) is 3.07. The lowest BCUT2D eigenvalue weighted by atomic mass is 10.1. The number of primary amides is 1. The first-order valence-corrected chi connectivity index (χ1v) is 12.4. The Morgan fingerprint density at radius 2 is 1.47 bits per heavy atom. The molecule has 2 amide bonds. The van der Waals surface area contributed by atoms with Gasteiger partial charge in [-0.3, -0.25) is 13.9 Å². The highest BCUT2D eigenvalue weighted by molar-refractivity contribution is 7.98. The lowest BCUT2D eigenvalue weighted by Crippen LogP contribution is -2.30. The topological polar surface area (TPSA) is 110 Å². The Hall–Kier alpha value is -3.30. The Labute approximate surface area is 191 Å². The van der Waals surface area contributed by atoms with Gasteiger partial charge in [0.05, 0.1) is 10.6 Å². The van der Waals surface area contributed by atoms with Crippen molar-refractivity contribution in [3.05, 3.63) is 83.9 Å². The number of thioether (sulfide) groups is 1. The molecule has 0 fully saturated rings. The average molecular weight is 470 g/mol. The zero-order chi connectivity index (χ0) is 23.3. The van der Waals surface area contributed by atoms with Gasteiger partial charge in [-0.2, -0.15) is 0 Å². The van der Waals surface area contributed by atoms with E-state index in [1.165, 1.54) is 28.2 Å². The van der Waals surface area contributed by atoms with Crippen LogP contribution < -0.4 is 15.4 Å². The molecular formula is C23H23N3O4S2. The predicted molar refractivity (Wildman–Crippen MR) is 128 cm³/mol. The third kappa shape index (κ3) is 5.12. The van der Waals surface area contributed by atoms with E-state index in [0.29, 0.717) is 22.5 Å². The van der Waals surface area contributed by atoms with Gasteiger partial charge in [0.25, 0.3) is 15.9 Å². The second kappa shape index (κ2) is 9.88. The highest BCUT2D eigenvalue weighted by atomic mass is 32.2. The Balaban J connectivity index is 1.77. The maximum absolute atomic E-state index is 13.1. The van der Waals surface area contributed by atoms with Crippen LogP contribution >= 0.6 is 11.8 Å². The molecule has 3 aromatic carbocycles. The van der Waals surface area contributed by atoms with Crippen molar-refractivity contribution in [1.82, 2.24) is 0 Å². The molecule has 0 aliphatic rings. The van der Waals surface area contributed by atoms with Crippen molar-refractivity contribution >= 4 is 45.0 Å². The minimum absolute atomic E-state index is 0.207. The molecule has 7 nitrogen and oxygen atoms in total. The van der Waals surface area contributed by atoms with Gasteiger partial charge in [-0.1, -0.05) is 0 Å². The van der Waals surface area contributed by atoms with E-state index in [1.807, 2.05) is 6.26 Å². The van der Waals surface area contributed by atoms with Crippen molar-refractivity contribution in [3.63, 3.8) is 0 Å². The zero-order valence-corrected chi connectivity index (χ0v) is 19.2. The number of carbonyl (C=O) groups is 2.